The molecule has 0 saturated carbocycles. The number of hydrogen-bond acceptors (Lipinski definition) is 4. The Hall–Kier alpha value is -2.85. The number of hydrogen-bond donors (Lipinski definition) is 1. The quantitative estimate of drug-likeness (QED) is 0.885. The Morgan fingerprint density at radius 3 is 2.50 bits per heavy atom. The summed E-state index contributed by atoms with van der Waals surface area (Å²) in [6, 6.07) is 14.9. The van der Waals surface area contributed by atoms with Gasteiger partial charge in [-0.05, 0) is 29.8 Å². The smallest absolute Gasteiger partial charge is 0.144 e. The summed E-state index contributed by atoms with van der Waals surface area (Å²) in [6.07, 6.45) is 1.64. The van der Waals surface area contributed by atoms with Crippen molar-refractivity contribution < 1.29 is 0 Å². The lowest BCUT2D eigenvalue weighted by Crippen LogP contribution is -2.03. The van der Waals surface area contributed by atoms with E-state index in [9.17, 15) is 0 Å². The van der Waals surface area contributed by atoms with Gasteiger partial charge in [-0.3, -0.25) is 0 Å². The first-order valence-electron chi connectivity index (χ1n) is 5.41. The summed E-state index contributed by atoms with van der Waals surface area (Å²) < 4.78 is 0. The molecule has 0 radical (unpaired) electrons. The zero-order valence-electron chi connectivity index (χ0n) is 9.59. The summed E-state index contributed by atoms with van der Waals surface area (Å²) in [5, 5.41) is 20.7. The van der Waals surface area contributed by atoms with E-state index in [0.717, 1.165) is 5.56 Å². The summed E-state index contributed by atoms with van der Waals surface area (Å²) in [4.78, 5) is 4.11. The molecule has 0 bridgehead atoms. The van der Waals surface area contributed by atoms with Gasteiger partial charge in [-0.15, -0.1) is 0 Å². The largest absolute Gasteiger partial charge is 0.365 e. The first-order valence-corrected chi connectivity index (χ1v) is 5.41. The Morgan fingerprint density at radius 1 is 1.06 bits per heavy atom. The van der Waals surface area contributed by atoms with E-state index in [2.05, 4.69) is 22.4 Å². The maximum absolute atomic E-state index is 8.92. The summed E-state index contributed by atoms with van der Waals surface area (Å²) in [6.45, 7) is 0.567. The fraction of sp³-hybridized carbons (Fsp3) is 0.0714. The second-order valence-electron chi connectivity index (χ2n) is 3.67. The second-order valence-corrected chi connectivity index (χ2v) is 3.67. The van der Waals surface area contributed by atoms with E-state index in [1.54, 1.807) is 30.5 Å². The van der Waals surface area contributed by atoms with E-state index in [4.69, 9.17) is 10.5 Å². The van der Waals surface area contributed by atoms with Gasteiger partial charge < -0.3 is 5.32 Å². The number of nitrogens with zero attached hydrogens (tertiary/aromatic N) is 3. The molecule has 0 fully saturated rings. The molecule has 4 heteroatoms. The molecule has 0 spiro atoms. The lowest BCUT2D eigenvalue weighted by molar-refractivity contribution is 1.10. The molecule has 0 aliphatic rings. The fourth-order valence-corrected chi connectivity index (χ4v) is 1.52. The number of benzene rings is 1. The molecule has 2 aromatic rings. The Balaban J connectivity index is 2.07. The van der Waals surface area contributed by atoms with Crippen molar-refractivity contribution in [2.24, 2.45) is 0 Å². The van der Waals surface area contributed by atoms with Crippen LogP contribution in [0.4, 0.5) is 5.82 Å². The monoisotopic (exact) mass is 234 g/mol. The van der Waals surface area contributed by atoms with Crippen molar-refractivity contribution in [1.82, 2.24) is 4.98 Å². The highest BCUT2D eigenvalue weighted by Gasteiger charge is 2.01. The van der Waals surface area contributed by atoms with Crippen LogP contribution in [0.3, 0.4) is 0 Å². The lowest BCUT2D eigenvalue weighted by Gasteiger charge is -2.06. The van der Waals surface area contributed by atoms with Crippen molar-refractivity contribution in [3.63, 3.8) is 0 Å². The van der Waals surface area contributed by atoms with Crippen molar-refractivity contribution in [1.29, 1.82) is 10.5 Å². The molecular formula is C14H10N4. The van der Waals surface area contributed by atoms with Gasteiger partial charge >= 0.3 is 0 Å². The average molecular weight is 234 g/mol. The van der Waals surface area contributed by atoms with Gasteiger partial charge in [-0.25, -0.2) is 4.98 Å². The fourth-order valence-electron chi connectivity index (χ4n) is 1.52. The maximum Gasteiger partial charge on any atom is 0.144 e. The van der Waals surface area contributed by atoms with Crippen LogP contribution in [-0.2, 0) is 6.54 Å². The van der Waals surface area contributed by atoms with E-state index in [1.807, 2.05) is 12.1 Å². The van der Waals surface area contributed by atoms with Crippen molar-refractivity contribution in [2.75, 3.05) is 5.32 Å². The van der Waals surface area contributed by atoms with E-state index >= 15 is 0 Å². The van der Waals surface area contributed by atoms with E-state index < -0.39 is 0 Å². The summed E-state index contributed by atoms with van der Waals surface area (Å²) >= 11 is 0. The molecule has 0 unspecified atom stereocenters. The van der Waals surface area contributed by atoms with Gasteiger partial charge in [0.25, 0.3) is 0 Å². The zero-order chi connectivity index (χ0) is 12.8. The number of rotatable bonds is 3. The summed E-state index contributed by atoms with van der Waals surface area (Å²) in [5.41, 5.74) is 2.18. The third-order valence-corrected chi connectivity index (χ3v) is 2.47. The van der Waals surface area contributed by atoms with Gasteiger partial charge in [0.1, 0.15) is 11.9 Å². The highest BCUT2D eigenvalue weighted by molar-refractivity contribution is 5.51. The molecule has 1 aromatic heterocycles. The normalized spacial score (nSPS) is 9.22. The minimum Gasteiger partial charge on any atom is -0.365 e. The summed E-state index contributed by atoms with van der Waals surface area (Å²) in [5.74, 6) is 0.573. The zero-order valence-corrected chi connectivity index (χ0v) is 9.59. The van der Waals surface area contributed by atoms with Gasteiger partial charge in [-0.1, -0.05) is 12.1 Å². The number of nitriles is 2. The molecule has 1 aromatic carbocycles. The first kappa shape index (κ1) is 11.6. The molecule has 1 heterocycles. The van der Waals surface area contributed by atoms with Crippen LogP contribution >= 0.6 is 0 Å². The maximum atomic E-state index is 8.92. The Bertz CT molecular complexity index is 617. The van der Waals surface area contributed by atoms with Crippen molar-refractivity contribution >= 4 is 5.82 Å². The minimum atomic E-state index is 0.520. The Kier molecular flexibility index (Phi) is 3.53. The molecule has 2 rings (SSSR count). The second kappa shape index (κ2) is 5.47. The SMILES string of the molecule is N#Cc1ccc(CNc2ncccc2C#N)cc1. The number of aromatic nitrogens is 1. The molecule has 86 valence electrons. The Morgan fingerprint density at radius 2 is 1.83 bits per heavy atom. The highest BCUT2D eigenvalue weighted by atomic mass is 15.0. The minimum absolute atomic E-state index is 0.520. The lowest BCUT2D eigenvalue weighted by atomic mass is 10.1. The summed E-state index contributed by atoms with van der Waals surface area (Å²) in [7, 11) is 0. The van der Waals surface area contributed by atoms with Crippen LogP contribution in [0.2, 0.25) is 0 Å². The average Bonchev–Trinajstić information content (AvgIpc) is 2.46. The molecule has 0 aliphatic heterocycles. The molecule has 1 N–H and O–H groups in total. The third-order valence-electron chi connectivity index (χ3n) is 2.47. The predicted molar refractivity (Wildman–Crippen MR) is 67.4 cm³/mol. The molecule has 0 aliphatic carbocycles. The van der Waals surface area contributed by atoms with Gasteiger partial charge in [0, 0.05) is 12.7 Å². The Labute approximate surface area is 105 Å². The molecule has 0 atom stereocenters. The van der Waals surface area contributed by atoms with Gasteiger partial charge in [0.05, 0.1) is 17.2 Å². The molecule has 18 heavy (non-hydrogen) atoms. The van der Waals surface area contributed by atoms with Crippen molar-refractivity contribution in [3.8, 4) is 12.1 Å². The molecule has 0 saturated heterocycles. The number of anilines is 1. The van der Waals surface area contributed by atoms with Crippen LogP contribution < -0.4 is 5.32 Å². The third kappa shape index (κ3) is 2.63. The van der Waals surface area contributed by atoms with Crippen LogP contribution in [0.15, 0.2) is 42.6 Å². The van der Waals surface area contributed by atoms with Crippen LogP contribution in [0.5, 0.6) is 0 Å². The molecule has 0 amide bonds. The number of pyridine rings is 1. The van der Waals surface area contributed by atoms with Crippen LogP contribution in [0.25, 0.3) is 0 Å². The van der Waals surface area contributed by atoms with Crippen molar-refractivity contribution in [3.05, 3.63) is 59.3 Å². The van der Waals surface area contributed by atoms with Crippen LogP contribution in [0.1, 0.15) is 16.7 Å². The van der Waals surface area contributed by atoms with E-state index in [0.29, 0.717) is 23.5 Å². The standard InChI is InChI=1S/C14H10N4/c15-8-11-3-5-12(6-4-11)10-18-14-13(9-16)2-1-7-17-14/h1-7H,10H2,(H,17,18). The first-order chi connectivity index (χ1) is 8.83. The van der Waals surface area contributed by atoms with Gasteiger partial charge in [-0.2, -0.15) is 10.5 Å². The predicted octanol–water partition coefficient (Wildman–Crippen LogP) is 2.44. The van der Waals surface area contributed by atoms with Crippen LogP contribution in [-0.4, -0.2) is 4.98 Å². The van der Waals surface area contributed by atoms with E-state index in [1.165, 1.54) is 0 Å². The highest BCUT2D eigenvalue weighted by Crippen LogP contribution is 2.11. The topological polar surface area (TPSA) is 72.5 Å². The van der Waals surface area contributed by atoms with Crippen LogP contribution in [0, 0.1) is 22.7 Å². The van der Waals surface area contributed by atoms with E-state index in [-0.39, 0.29) is 0 Å². The molecule has 4 nitrogen and oxygen atoms in total. The van der Waals surface area contributed by atoms with Crippen molar-refractivity contribution in [2.45, 2.75) is 6.54 Å². The van der Waals surface area contributed by atoms with Gasteiger partial charge in [0.15, 0.2) is 0 Å². The van der Waals surface area contributed by atoms with Gasteiger partial charge in [0.2, 0.25) is 0 Å². The molecular weight excluding hydrogens is 224 g/mol. The number of nitrogens with one attached hydrogen (secondary N) is 1.